The molecule has 42 heavy (non-hydrogen) atoms. The van der Waals surface area contributed by atoms with E-state index in [4.69, 9.17) is 9.26 Å². The Morgan fingerprint density at radius 1 is 0.976 bits per heavy atom. The Morgan fingerprint density at radius 2 is 1.69 bits per heavy atom. The molecular weight excluding hydrogens is 549 g/mol. The van der Waals surface area contributed by atoms with Crippen LogP contribution in [0, 0.1) is 0 Å². The van der Waals surface area contributed by atoms with Gasteiger partial charge in [0.2, 0.25) is 0 Å². The van der Waals surface area contributed by atoms with E-state index in [1.54, 1.807) is 24.3 Å². The van der Waals surface area contributed by atoms with E-state index in [0.29, 0.717) is 29.1 Å². The number of nitrogens with zero attached hydrogens (tertiary/aromatic N) is 2. The van der Waals surface area contributed by atoms with Crippen molar-refractivity contribution >= 4 is 22.4 Å². The highest BCUT2D eigenvalue weighted by Crippen LogP contribution is 2.46. The van der Waals surface area contributed by atoms with Gasteiger partial charge in [0, 0.05) is 34.8 Å². The number of piperidine rings is 1. The molecule has 3 heterocycles. The van der Waals surface area contributed by atoms with Crippen molar-refractivity contribution < 1.29 is 37.1 Å². The molecular formula is C32H29F3N2O5. The summed E-state index contributed by atoms with van der Waals surface area (Å²) in [6.45, 7) is 0.205. The third-order valence-corrected chi connectivity index (χ3v) is 8.66. The second kappa shape index (κ2) is 10.3. The number of hydrogen-bond donors (Lipinski definition) is 1. The number of benzene rings is 3. The Hall–Kier alpha value is -4.05. The summed E-state index contributed by atoms with van der Waals surface area (Å²) in [6, 6.07) is 17.9. The molecule has 2 unspecified atom stereocenters. The fraction of sp³-hybridized carbons (Fsp3) is 0.375. The van der Waals surface area contributed by atoms with Crippen molar-refractivity contribution in [3.63, 3.8) is 0 Å². The number of anilines is 1. The molecule has 3 aliphatic rings. The number of hydrogen-bond acceptors (Lipinski definition) is 6. The molecule has 1 saturated carbocycles. The van der Waals surface area contributed by atoms with Gasteiger partial charge in [-0.2, -0.15) is 0 Å². The zero-order chi connectivity index (χ0) is 29.0. The molecule has 218 valence electrons. The van der Waals surface area contributed by atoms with Gasteiger partial charge in [-0.25, -0.2) is 4.79 Å². The normalized spacial score (nSPS) is 22.1. The van der Waals surface area contributed by atoms with Crippen molar-refractivity contribution in [1.82, 2.24) is 5.16 Å². The Morgan fingerprint density at radius 3 is 2.40 bits per heavy atom. The lowest BCUT2D eigenvalue weighted by molar-refractivity contribution is -0.274. The van der Waals surface area contributed by atoms with Gasteiger partial charge in [0.25, 0.3) is 0 Å². The number of para-hydroxylation sites is 1. The van der Waals surface area contributed by atoms with E-state index < -0.39 is 12.3 Å². The number of ether oxygens (including phenoxy) is 2. The van der Waals surface area contributed by atoms with Gasteiger partial charge in [-0.05, 0) is 85.7 Å². The first kappa shape index (κ1) is 26.8. The molecule has 3 fully saturated rings. The second-order valence-electron chi connectivity index (χ2n) is 11.4. The van der Waals surface area contributed by atoms with Crippen molar-refractivity contribution in [3.8, 4) is 17.0 Å². The largest absolute Gasteiger partial charge is 0.573 e. The molecule has 2 bridgehead atoms. The fourth-order valence-corrected chi connectivity index (χ4v) is 6.63. The van der Waals surface area contributed by atoms with Crippen molar-refractivity contribution in [2.45, 2.75) is 75.6 Å². The van der Waals surface area contributed by atoms with Crippen LogP contribution in [-0.2, 0) is 11.3 Å². The molecule has 1 N–H and O–H groups in total. The van der Waals surface area contributed by atoms with Crippen molar-refractivity contribution in [2.75, 3.05) is 4.90 Å². The number of rotatable bonds is 8. The van der Waals surface area contributed by atoms with Crippen LogP contribution in [0.1, 0.15) is 66.1 Å². The lowest BCUT2D eigenvalue weighted by atomic mass is 9.97. The predicted octanol–water partition coefficient (Wildman–Crippen LogP) is 7.69. The zero-order valence-corrected chi connectivity index (χ0v) is 22.6. The summed E-state index contributed by atoms with van der Waals surface area (Å²) in [7, 11) is 0. The summed E-state index contributed by atoms with van der Waals surface area (Å²) in [6.07, 6.45) is 0.842. The van der Waals surface area contributed by atoms with E-state index in [0.717, 1.165) is 55.0 Å². The Labute approximate surface area is 239 Å². The van der Waals surface area contributed by atoms with Gasteiger partial charge >= 0.3 is 12.3 Å². The van der Waals surface area contributed by atoms with Crippen molar-refractivity contribution in [1.29, 1.82) is 0 Å². The van der Waals surface area contributed by atoms with Crippen LogP contribution in [0.2, 0.25) is 0 Å². The maximum Gasteiger partial charge on any atom is 0.573 e. The molecule has 0 radical (unpaired) electrons. The zero-order valence-electron chi connectivity index (χ0n) is 22.6. The molecule has 3 aromatic carbocycles. The van der Waals surface area contributed by atoms with Gasteiger partial charge in [-0.15, -0.1) is 13.2 Å². The summed E-state index contributed by atoms with van der Waals surface area (Å²) in [5, 5.41) is 15.4. The summed E-state index contributed by atoms with van der Waals surface area (Å²) in [5.74, 6) is -0.363. The SMILES string of the molecule is O=C(O)c1ccc2cc(N3C4CCC3CC(OCc3c(-c5ccccc5OC(F)(F)F)noc3C3CC3)C4)ccc2c1. The van der Waals surface area contributed by atoms with Crippen LogP contribution in [-0.4, -0.2) is 40.8 Å². The van der Waals surface area contributed by atoms with Crippen LogP contribution in [0.3, 0.4) is 0 Å². The van der Waals surface area contributed by atoms with Gasteiger partial charge in [0.15, 0.2) is 0 Å². The van der Waals surface area contributed by atoms with E-state index in [-0.39, 0.29) is 35.5 Å². The standard InChI is InChI=1S/C32H29F3N2O5/c33-32(34,35)41-28-4-2-1-3-26(28)29-27(30(42-36-29)18-5-6-18)17-40-25-15-23-11-12-24(16-25)37(23)22-10-9-19-13-21(31(38)39)8-7-20(19)14-22/h1-4,7-10,13-14,18,23-25H,5-6,11-12,15-17H2,(H,38,39). The number of carboxylic acid groups (broad SMARTS) is 1. The number of carboxylic acids is 1. The molecule has 7 nitrogen and oxygen atoms in total. The summed E-state index contributed by atoms with van der Waals surface area (Å²) in [5.41, 5.74) is 2.64. The molecule has 4 aromatic rings. The van der Waals surface area contributed by atoms with E-state index >= 15 is 0 Å². The number of halogens is 3. The quantitative estimate of drug-likeness (QED) is 0.229. The summed E-state index contributed by atoms with van der Waals surface area (Å²) in [4.78, 5) is 13.8. The third-order valence-electron chi connectivity index (χ3n) is 8.66. The average Bonchev–Trinajstić information content (AvgIpc) is 3.66. The van der Waals surface area contributed by atoms with Gasteiger partial charge in [-0.1, -0.05) is 29.4 Å². The van der Waals surface area contributed by atoms with Crippen molar-refractivity contribution in [3.05, 3.63) is 77.6 Å². The molecule has 2 saturated heterocycles. The monoisotopic (exact) mass is 578 g/mol. The molecule has 7 rings (SSSR count). The summed E-state index contributed by atoms with van der Waals surface area (Å²) < 4.78 is 55.8. The molecule has 10 heteroatoms. The van der Waals surface area contributed by atoms with E-state index in [1.165, 1.54) is 12.1 Å². The molecule has 0 spiro atoms. The topological polar surface area (TPSA) is 85.0 Å². The Balaban J connectivity index is 1.09. The highest BCUT2D eigenvalue weighted by Gasteiger charge is 2.42. The minimum atomic E-state index is -4.82. The maximum absolute atomic E-state index is 13.1. The number of aromatic carboxylic acids is 1. The van der Waals surface area contributed by atoms with Gasteiger partial charge in [0.05, 0.1) is 18.3 Å². The number of aromatic nitrogens is 1. The first-order valence-corrected chi connectivity index (χ1v) is 14.2. The van der Waals surface area contributed by atoms with E-state index in [1.807, 2.05) is 12.1 Å². The van der Waals surface area contributed by atoms with Crippen LogP contribution in [0.15, 0.2) is 65.2 Å². The third kappa shape index (κ3) is 5.19. The molecule has 2 atom stereocenters. The van der Waals surface area contributed by atoms with E-state index in [2.05, 4.69) is 26.9 Å². The van der Waals surface area contributed by atoms with Crippen LogP contribution >= 0.6 is 0 Å². The maximum atomic E-state index is 13.1. The lowest BCUT2D eigenvalue weighted by Crippen LogP contribution is -2.45. The highest BCUT2D eigenvalue weighted by molar-refractivity contribution is 5.95. The minimum Gasteiger partial charge on any atom is -0.478 e. The smallest absolute Gasteiger partial charge is 0.478 e. The van der Waals surface area contributed by atoms with Crippen LogP contribution in [0.5, 0.6) is 5.75 Å². The lowest BCUT2D eigenvalue weighted by Gasteiger charge is -2.40. The van der Waals surface area contributed by atoms with Crippen LogP contribution in [0.25, 0.3) is 22.0 Å². The minimum absolute atomic E-state index is 0.00574. The first-order chi connectivity index (χ1) is 20.2. The molecule has 1 aliphatic carbocycles. The highest BCUT2D eigenvalue weighted by atomic mass is 19.4. The van der Waals surface area contributed by atoms with Crippen molar-refractivity contribution in [2.24, 2.45) is 0 Å². The van der Waals surface area contributed by atoms with Gasteiger partial charge in [0.1, 0.15) is 17.2 Å². The molecule has 1 aromatic heterocycles. The Kier molecular flexibility index (Phi) is 6.61. The van der Waals surface area contributed by atoms with E-state index in [9.17, 15) is 23.1 Å². The average molecular weight is 579 g/mol. The fourth-order valence-electron chi connectivity index (χ4n) is 6.63. The molecule has 2 aliphatic heterocycles. The number of carbonyl (C=O) groups is 1. The van der Waals surface area contributed by atoms with Crippen LogP contribution < -0.4 is 9.64 Å². The number of fused-ring (bicyclic) bond motifs is 3. The predicted molar refractivity (Wildman–Crippen MR) is 149 cm³/mol. The second-order valence-corrected chi connectivity index (χ2v) is 11.4. The van der Waals surface area contributed by atoms with Crippen LogP contribution in [0.4, 0.5) is 18.9 Å². The van der Waals surface area contributed by atoms with Gasteiger partial charge in [-0.3, -0.25) is 0 Å². The Bertz CT molecular complexity index is 1630. The first-order valence-electron chi connectivity index (χ1n) is 14.2. The van der Waals surface area contributed by atoms with Gasteiger partial charge < -0.3 is 24.0 Å². The molecule has 0 amide bonds. The summed E-state index contributed by atoms with van der Waals surface area (Å²) >= 11 is 0. The number of alkyl halides is 3.